The Bertz CT molecular complexity index is 782. The molecule has 6 nitrogen and oxygen atoms in total. The minimum atomic E-state index is -3.53. The molecule has 1 unspecified atom stereocenters. The number of nitrogens with one attached hydrogen (secondary N) is 1. The third-order valence-electron chi connectivity index (χ3n) is 6.09. The van der Waals surface area contributed by atoms with Crippen molar-refractivity contribution in [2.24, 2.45) is 11.3 Å². The van der Waals surface area contributed by atoms with Crippen LogP contribution < -0.4 is 5.32 Å². The summed E-state index contributed by atoms with van der Waals surface area (Å²) in [6, 6.07) is 6.22. The molecule has 1 atom stereocenters. The number of piperazine rings is 1. The number of sulfonamides is 1. The Morgan fingerprint density at radius 2 is 1.69 bits per heavy atom. The van der Waals surface area contributed by atoms with Crippen molar-refractivity contribution in [1.29, 1.82) is 0 Å². The summed E-state index contributed by atoms with van der Waals surface area (Å²) in [7, 11) is -3.53. The third kappa shape index (κ3) is 3.26. The monoisotopic (exact) mass is 397 g/mol. The van der Waals surface area contributed by atoms with Gasteiger partial charge in [-0.3, -0.25) is 4.79 Å². The number of halogens is 1. The van der Waals surface area contributed by atoms with E-state index >= 15 is 0 Å². The van der Waals surface area contributed by atoms with Crippen LogP contribution in [-0.4, -0.2) is 62.8 Å². The van der Waals surface area contributed by atoms with Gasteiger partial charge in [0.25, 0.3) is 0 Å². The second-order valence-corrected chi connectivity index (χ2v) is 9.93. The molecule has 1 amide bonds. The molecule has 1 N–H and O–H groups in total. The summed E-state index contributed by atoms with van der Waals surface area (Å²) in [5, 5.41) is 3.86. The lowest BCUT2D eigenvalue weighted by molar-refractivity contribution is -0.134. The Kier molecular flexibility index (Phi) is 4.75. The average Bonchev–Trinajstić information content (AvgIpc) is 3.35. The van der Waals surface area contributed by atoms with E-state index in [0.717, 1.165) is 32.4 Å². The highest BCUT2D eigenvalue weighted by Gasteiger charge is 2.58. The Hall–Kier alpha value is -1.15. The molecule has 2 aliphatic heterocycles. The number of amides is 1. The fourth-order valence-electron chi connectivity index (χ4n) is 4.30. The van der Waals surface area contributed by atoms with Crippen LogP contribution >= 0.6 is 11.6 Å². The number of carbonyl (C=O) groups excluding carboxylic acids is 1. The van der Waals surface area contributed by atoms with Gasteiger partial charge in [0, 0.05) is 37.1 Å². The molecule has 1 spiro atoms. The van der Waals surface area contributed by atoms with E-state index in [1.807, 2.05) is 4.90 Å². The van der Waals surface area contributed by atoms with Crippen LogP contribution in [0.1, 0.15) is 19.3 Å². The topological polar surface area (TPSA) is 69.7 Å². The molecule has 1 saturated carbocycles. The van der Waals surface area contributed by atoms with Gasteiger partial charge in [0.2, 0.25) is 15.9 Å². The molecule has 3 fully saturated rings. The van der Waals surface area contributed by atoms with Gasteiger partial charge in [0.05, 0.1) is 4.90 Å². The van der Waals surface area contributed by atoms with Gasteiger partial charge < -0.3 is 10.2 Å². The van der Waals surface area contributed by atoms with E-state index in [-0.39, 0.29) is 22.1 Å². The molecule has 1 aromatic carbocycles. The maximum absolute atomic E-state index is 12.8. The first-order valence-corrected chi connectivity index (χ1v) is 11.0. The molecular formula is C18H24ClN3O3S. The quantitative estimate of drug-likeness (QED) is 0.840. The summed E-state index contributed by atoms with van der Waals surface area (Å²) >= 11 is 5.84. The number of hydrogen-bond donors (Lipinski definition) is 1. The van der Waals surface area contributed by atoms with Gasteiger partial charge >= 0.3 is 0 Å². The van der Waals surface area contributed by atoms with E-state index < -0.39 is 10.0 Å². The minimum absolute atomic E-state index is 0.143. The number of piperidine rings is 1. The zero-order valence-corrected chi connectivity index (χ0v) is 16.2. The molecule has 2 saturated heterocycles. The molecule has 142 valence electrons. The van der Waals surface area contributed by atoms with Gasteiger partial charge in [-0.2, -0.15) is 4.31 Å². The molecule has 2 heterocycles. The molecule has 1 aromatic rings. The first-order valence-electron chi connectivity index (χ1n) is 9.18. The molecule has 0 bridgehead atoms. The van der Waals surface area contributed by atoms with Crippen LogP contribution in [0.5, 0.6) is 0 Å². The van der Waals surface area contributed by atoms with E-state index in [9.17, 15) is 13.2 Å². The molecule has 4 rings (SSSR count). The SMILES string of the molecule is O=C(C1CC12CCNCC2)N1CCN(S(=O)(=O)c2ccc(Cl)cc2)CC1. The van der Waals surface area contributed by atoms with Crippen molar-refractivity contribution in [3.63, 3.8) is 0 Å². The van der Waals surface area contributed by atoms with E-state index in [4.69, 9.17) is 11.6 Å². The molecule has 0 aromatic heterocycles. The first-order chi connectivity index (χ1) is 12.4. The molecule has 26 heavy (non-hydrogen) atoms. The highest BCUT2D eigenvalue weighted by Crippen LogP contribution is 2.59. The van der Waals surface area contributed by atoms with Crippen LogP contribution in [0.25, 0.3) is 0 Å². The lowest BCUT2D eigenvalue weighted by Gasteiger charge is -2.35. The number of nitrogens with zero attached hydrogens (tertiary/aromatic N) is 2. The maximum atomic E-state index is 12.8. The van der Waals surface area contributed by atoms with Crippen molar-refractivity contribution >= 4 is 27.5 Å². The van der Waals surface area contributed by atoms with Crippen molar-refractivity contribution in [2.75, 3.05) is 39.3 Å². The lowest BCUT2D eigenvalue weighted by Crippen LogP contribution is -2.51. The number of rotatable bonds is 3. The second kappa shape index (κ2) is 6.78. The number of carbonyl (C=O) groups is 1. The third-order valence-corrected chi connectivity index (χ3v) is 8.25. The number of benzene rings is 1. The van der Waals surface area contributed by atoms with Crippen molar-refractivity contribution in [3.8, 4) is 0 Å². The van der Waals surface area contributed by atoms with E-state index in [0.29, 0.717) is 31.2 Å². The Labute approximate surface area is 159 Å². The predicted molar refractivity (Wildman–Crippen MR) is 99.4 cm³/mol. The summed E-state index contributed by atoms with van der Waals surface area (Å²) in [5.41, 5.74) is 0.217. The van der Waals surface area contributed by atoms with Crippen molar-refractivity contribution in [3.05, 3.63) is 29.3 Å². The molecule has 8 heteroatoms. The summed E-state index contributed by atoms with van der Waals surface area (Å²) in [6.07, 6.45) is 3.15. The van der Waals surface area contributed by atoms with Crippen LogP contribution in [-0.2, 0) is 14.8 Å². The van der Waals surface area contributed by atoms with Crippen molar-refractivity contribution < 1.29 is 13.2 Å². The predicted octanol–water partition coefficient (Wildman–Crippen LogP) is 1.56. The summed E-state index contributed by atoms with van der Waals surface area (Å²) < 4.78 is 26.9. The summed E-state index contributed by atoms with van der Waals surface area (Å²) in [5.74, 6) is 0.361. The van der Waals surface area contributed by atoms with Crippen LogP contribution in [0, 0.1) is 11.3 Å². The zero-order chi connectivity index (χ0) is 18.4. The molecular weight excluding hydrogens is 374 g/mol. The van der Waals surface area contributed by atoms with Crippen molar-refractivity contribution in [1.82, 2.24) is 14.5 Å². The van der Waals surface area contributed by atoms with E-state index in [2.05, 4.69) is 5.32 Å². The maximum Gasteiger partial charge on any atom is 0.243 e. The zero-order valence-electron chi connectivity index (χ0n) is 14.7. The number of hydrogen-bond acceptors (Lipinski definition) is 4. The standard InChI is InChI=1S/C18H24ClN3O3S/c19-14-1-3-15(4-2-14)26(24,25)22-11-9-21(10-12-22)17(23)16-13-18(16)5-7-20-8-6-18/h1-4,16,20H,5-13H2. The van der Waals surface area contributed by atoms with Gasteiger partial charge in [-0.1, -0.05) is 11.6 Å². The van der Waals surface area contributed by atoms with Gasteiger partial charge in [0.15, 0.2) is 0 Å². The molecule has 3 aliphatic rings. The van der Waals surface area contributed by atoms with Crippen LogP contribution in [0.3, 0.4) is 0 Å². The molecule has 1 aliphatic carbocycles. The van der Waals surface area contributed by atoms with Gasteiger partial charge in [-0.05, 0) is 62.0 Å². The van der Waals surface area contributed by atoms with Crippen LogP contribution in [0.15, 0.2) is 29.2 Å². The van der Waals surface area contributed by atoms with Gasteiger partial charge in [-0.15, -0.1) is 0 Å². The highest BCUT2D eigenvalue weighted by atomic mass is 35.5. The summed E-state index contributed by atoms with van der Waals surface area (Å²) in [6.45, 7) is 3.62. The highest BCUT2D eigenvalue weighted by molar-refractivity contribution is 7.89. The van der Waals surface area contributed by atoms with Crippen LogP contribution in [0.4, 0.5) is 0 Å². The Morgan fingerprint density at radius 1 is 1.08 bits per heavy atom. The van der Waals surface area contributed by atoms with E-state index in [1.54, 1.807) is 12.1 Å². The second-order valence-electron chi connectivity index (χ2n) is 7.55. The minimum Gasteiger partial charge on any atom is -0.340 e. The first kappa shape index (κ1) is 18.2. The van der Waals surface area contributed by atoms with Crippen molar-refractivity contribution in [2.45, 2.75) is 24.2 Å². The fourth-order valence-corrected chi connectivity index (χ4v) is 5.85. The largest absolute Gasteiger partial charge is 0.340 e. The Balaban J connectivity index is 1.37. The van der Waals surface area contributed by atoms with Gasteiger partial charge in [0.1, 0.15) is 0 Å². The normalized spacial score (nSPS) is 26.0. The smallest absolute Gasteiger partial charge is 0.243 e. The molecule has 0 radical (unpaired) electrons. The summed E-state index contributed by atoms with van der Waals surface area (Å²) in [4.78, 5) is 14.9. The van der Waals surface area contributed by atoms with Crippen LogP contribution in [0.2, 0.25) is 5.02 Å². The Morgan fingerprint density at radius 3 is 2.31 bits per heavy atom. The van der Waals surface area contributed by atoms with E-state index in [1.165, 1.54) is 16.4 Å². The fraction of sp³-hybridized carbons (Fsp3) is 0.611. The lowest BCUT2D eigenvalue weighted by atomic mass is 9.91. The van der Waals surface area contributed by atoms with Gasteiger partial charge in [-0.25, -0.2) is 8.42 Å². The average molecular weight is 398 g/mol.